The molecule has 0 spiro atoms. The van der Waals surface area contributed by atoms with Gasteiger partial charge < -0.3 is 9.47 Å². The van der Waals surface area contributed by atoms with Gasteiger partial charge in [-0.3, -0.25) is 4.79 Å². The van der Waals surface area contributed by atoms with Gasteiger partial charge in [-0.1, -0.05) is 108 Å². The van der Waals surface area contributed by atoms with Gasteiger partial charge in [-0.05, 0) is 35.6 Å². The standard InChI is InChI=1S/C22H19Br4NO3/c1-21(2)17(19(23)22(24,25)26)18(21)20(28)30-16(12-27)13-7-6-10-15(11-13)29-14-8-4-3-5-9-14/h3-11,16-19H,1-2H3/t16-,17?,18+,19-/m1/s1. The zero-order valence-electron chi connectivity index (χ0n) is 16.2. The zero-order chi connectivity index (χ0) is 22.1. The summed E-state index contributed by atoms with van der Waals surface area (Å²) in [6, 6.07) is 18.5. The molecule has 1 aliphatic rings. The van der Waals surface area contributed by atoms with Crippen LogP contribution in [-0.2, 0) is 9.53 Å². The molecule has 8 heteroatoms. The number of rotatable bonds is 6. The summed E-state index contributed by atoms with van der Waals surface area (Å²) in [5.41, 5.74) is 0.310. The second kappa shape index (κ2) is 9.32. The van der Waals surface area contributed by atoms with Crippen molar-refractivity contribution in [2.24, 2.45) is 17.3 Å². The molecule has 30 heavy (non-hydrogen) atoms. The third-order valence-corrected chi connectivity index (χ3v) is 9.86. The van der Waals surface area contributed by atoms with Crippen molar-refractivity contribution in [3.8, 4) is 17.6 Å². The topological polar surface area (TPSA) is 59.3 Å². The van der Waals surface area contributed by atoms with Crippen molar-refractivity contribution in [3.05, 3.63) is 60.2 Å². The highest BCUT2D eigenvalue weighted by Crippen LogP contribution is 2.66. The second-order valence-corrected chi connectivity index (χ2v) is 15.6. The second-order valence-electron chi connectivity index (χ2n) is 7.70. The van der Waals surface area contributed by atoms with Crippen molar-refractivity contribution in [2.45, 2.75) is 26.9 Å². The molecular weight excluding hydrogens is 646 g/mol. The normalized spacial score (nSPS) is 21.8. The van der Waals surface area contributed by atoms with Crippen LogP contribution in [0.5, 0.6) is 11.5 Å². The number of alkyl halides is 4. The van der Waals surface area contributed by atoms with E-state index in [1.807, 2.05) is 44.2 Å². The maximum absolute atomic E-state index is 12.9. The van der Waals surface area contributed by atoms with E-state index in [2.05, 4.69) is 69.8 Å². The monoisotopic (exact) mass is 661 g/mol. The molecule has 0 aromatic heterocycles. The minimum absolute atomic E-state index is 0.0233. The molecule has 1 fully saturated rings. The molecule has 1 aliphatic carbocycles. The van der Waals surface area contributed by atoms with Gasteiger partial charge in [0.15, 0.2) is 0 Å². The third kappa shape index (κ3) is 5.29. The summed E-state index contributed by atoms with van der Waals surface area (Å²) in [4.78, 5) is 12.8. The summed E-state index contributed by atoms with van der Waals surface area (Å²) in [6.45, 7) is 4.04. The Morgan fingerprint density at radius 2 is 1.73 bits per heavy atom. The first-order valence-electron chi connectivity index (χ1n) is 9.19. The van der Waals surface area contributed by atoms with E-state index in [0.717, 1.165) is 0 Å². The summed E-state index contributed by atoms with van der Waals surface area (Å²) in [5, 5.41) is 9.65. The molecular formula is C22H19Br4NO3. The van der Waals surface area contributed by atoms with Crippen molar-refractivity contribution >= 4 is 69.7 Å². The fraction of sp³-hybridized carbons (Fsp3) is 0.364. The average Bonchev–Trinajstić information content (AvgIpc) is 3.27. The lowest BCUT2D eigenvalue weighted by Crippen LogP contribution is -2.23. The number of carbonyl (C=O) groups excluding carboxylic acids is 1. The van der Waals surface area contributed by atoms with Crippen molar-refractivity contribution in [1.82, 2.24) is 0 Å². The first kappa shape index (κ1) is 23.8. The van der Waals surface area contributed by atoms with Gasteiger partial charge in [-0.2, -0.15) is 5.26 Å². The molecule has 4 nitrogen and oxygen atoms in total. The van der Waals surface area contributed by atoms with Crippen molar-refractivity contribution in [2.75, 3.05) is 0 Å². The van der Waals surface area contributed by atoms with E-state index in [1.54, 1.807) is 24.3 Å². The molecule has 3 rings (SSSR count). The van der Waals surface area contributed by atoms with Gasteiger partial charge >= 0.3 is 5.97 Å². The fourth-order valence-corrected chi connectivity index (χ4v) is 5.44. The number of esters is 1. The molecule has 0 radical (unpaired) electrons. The van der Waals surface area contributed by atoms with E-state index < -0.39 is 8.25 Å². The number of hydrogen-bond acceptors (Lipinski definition) is 4. The Bertz CT molecular complexity index is 953. The van der Waals surface area contributed by atoms with Crippen LogP contribution < -0.4 is 4.74 Å². The number of hydrogen-bond donors (Lipinski definition) is 0. The molecule has 1 unspecified atom stereocenters. The Morgan fingerprint density at radius 3 is 2.33 bits per heavy atom. The molecule has 4 atom stereocenters. The first-order chi connectivity index (χ1) is 14.1. The summed E-state index contributed by atoms with van der Waals surface area (Å²) in [7, 11) is 0. The van der Waals surface area contributed by atoms with Gasteiger partial charge in [-0.25, -0.2) is 0 Å². The molecule has 2 aromatic rings. The Balaban J connectivity index is 1.72. The van der Waals surface area contributed by atoms with Gasteiger partial charge in [-0.15, -0.1) is 0 Å². The zero-order valence-corrected chi connectivity index (χ0v) is 22.5. The number of halogens is 4. The summed E-state index contributed by atoms with van der Waals surface area (Å²) < 4.78 is 10.9. The number of para-hydroxylation sites is 1. The SMILES string of the molecule is CC1(C)C([C@@H](Br)C(Br)(Br)Br)[C@H]1C(=O)O[C@H](C#N)c1cccc(Oc2ccccc2)c1. The van der Waals surface area contributed by atoms with E-state index in [4.69, 9.17) is 9.47 Å². The van der Waals surface area contributed by atoms with Crippen LogP contribution in [0, 0.1) is 28.6 Å². The molecule has 0 aliphatic heterocycles. The highest BCUT2D eigenvalue weighted by molar-refractivity contribution is 9.40. The number of nitriles is 1. The maximum atomic E-state index is 12.9. The molecule has 0 amide bonds. The van der Waals surface area contributed by atoms with Crippen molar-refractivity contribution in [3.63, 3.8) is 0 Å². The van der Waals surface area contributed by atoms with Crippen molar-refractivity contribution < 1.29 is 14.3 Å². The smallest absolute Gasteiger partial charge is 0.311 e. The Morgan fingerprint density at radius 1 is 1.10 bits per heavy atom. The quantitative estimate of drug-likeness (QED) is 0.238. The average molecular weight is 665 g/mol. The van der Waals surface area contributed by atoms with Crippen LogP contribution in [0.2, 0.25) is 0 Å². The van der Waals surface area contributed by atoms with Crippen LogP contribution in [0.1, 0.15) is 25.5 Å². The lowest BCUT2D eigenvalue weighted by molar-refractivity contribution is -0.149. The number of benzene rings is 2. The predicted octanol–water partition coefficient (Wildman–Crippen LogP) is 7.46. The first-order valence-corrected chi connectivity index (χ1v) is 12.5. The van der Waals surface area contributed by atoms with E-state index in [0.29, 0.717) is 17.1 Å². The molecule has 0 bridgehead atoms. The summed E-state index contributed by atoms with van der Waals surface area (Å²) >= 11 is 14.2. The lowest BCUT2D eigenvalue weighted by Gasteiger charge is -2.21. The summed E-state index contributed by atoms with van der Waals surface area (Å²) in [6.07, 6.45) is -1.01. The molecule has 0 N–H and O–H groups in total. The molecule has 158 valence electrons. The molecule has 0 heterocycles. The molecule has 0 saturated heterocycles. The summed E-state index contributed by atoms with van der Waals surface area (Å²) in [5.74, 6) is 0.576. The van der Waals surface area contributed by atoms with E-state index in [9.17, 15) is 10.1 Å². The van der Waals surface area contributed by atoms with Crippen LogP contribution >= 0.6 is 63.7 Å². The number of nitrogens with zero attached hydrogens (tertiary/aromatic N) is 1. The van der Waals surface area contributed by atoms with E-state index >= 15 is 0 Å². The maximum Gasteiger partial charge on any atom is 0.311 e. The van der Waals surface area contributed by atoms with Gasteiger partial charge in [0.05, 0.1) is 10.7 Å². The van der Waals surface area contributed by atoms with Crippen LogP contribution in [0.3, 0.4) is 0 Å². The van der Waals surface area contributed by atoms with Gasteiger partial charge in [0.1, 0.15) is 19.7 Å². The van der Waals surface area contributed by atoms with Gasteiger partial charge in [0.2, 0.25) is 6.10 Å². The Hall–Kier alpha value is -0.880. The van der Waals surface area contributed by atoms with Crippen LogP contribution in [0.4, 0.5) is 0 Å². The largest absolute Gasteiger partial charge is 0.457 e. The van der Waals surface area contributed by atoms with E-state index in [1.165, 1.54) is 0 Å². The minimum atomic E-state index is -1.01. The van der Waals surface area contributed by atoms with Gasteiger partial charge in [0.25, 0.3) is 0 Å². The van der Waals surface area contributed by atoms with Gasteiger partial charge in [0, 0.05) is 5.56 Å². The van der Waals surface area contributed by atoms with E-state index in [-0.39, 0.29) is 28.0 Å². The lowest BCUT2D eigenvalue weighted by atomic mass is 10.1. The number of ether oxygens (including phenoxy) is 2. The van der Waals surface area contributed by atoms with Crippen LogP contribution in [0.25, 0.3) is 0 Å². The minimum Gasteiger partial charge on any atom is -0.457 e. The molecule has 2 aromatic carbocycles. The highest BCUT2D eigenvalue weighted by Gasteiger charge is 2.67. The van der Waals surface area contributed by atoms with Crippen LogP contribution in [0.15, 0.2) is 54.6 Å². The van der Waals surface area contributed by atoms with Crippen LogP contribution in [-0.4, -0.2) is 12.9 Å². The Labute approximate surface area is 209 Å². The highest BCUT2D eigenvalue weighted by atomic mass is 80.0. The Kier molecular flexibility index (Phi) is 7.38. The third-order valence-electron chi connectivity index (χ3n) is 5.28. The fourth-order valence-electron chi connectivity index (χ4n) is 3.60. The number of carbonyl (C=O) groups is 1. The molecule has 1 saturated carbocycles. The predicted molar refractivity (Wildman–Crippen MR) is 130 cm³/mol. The van der Waals surface area contributed by atoms with Crippen molar-refractivity contribution in [1.29, 1.82) is 5.26 Å².